The molecular weight excluding hydrogens is 210 g/mol. The Hall–Kier alpha value is -1.54. The molecule has 2 rings (SSSR count). The highest BCUT2D eigenvalue weighted by Crippen LogP contribution is 2.17. The first-order valence-corrected chi connectivity index (χ1v) is 6.04. The summed E-state index contributed by atoms with van der Waals surface area (Å²) in [4.78, 5) is 0. The zero-order valence-corrected chi connectivity index (χ0v) is 10.4. The molecule has 0 bridgehead atoms. The molecule has 1 aliphatic rings. The van der Waals surface area contributed by atoms with E-state index in [1.807, 2.05) is 37.3 Å². The van der Waals surface area contributed by atoms with E-state index in [-0.39, 0.29) is 0 Å². The first-order chi connectivity index (χ1) is 8.15. The minimum absolute atomic E-state index is 0.595. The molecule has 0 radical (unpaired) electrons. The third-order valence-corrected chi connectivity index (χ3v) is 3.01. The van der Waals surface area contributed by atoms with E-state index in [0.29, 0.717) is 5.92 Å². The Morgan fingerprint density at radius 1 is 1.29 bits per heavy atom. The van der Waals surface area contributed by atoms with Gasteiger partial charge >= 0.3 is 0 Å². The van der Waals surface area contributed by atoms with E-state index >= 15 is 0 Å². The van der Waals surface area contributed by atoms with Gasteiger partial charge < -0.3 is 10.4 Å². The number of aryl methyl sites for hydroxylation is 1. The molecule has 2 N–H and O–H groups in total. The zero-order valence-electron chi connectivity index (χ0n) is 10.4. The van der Waals surface area contributed by atoms with Crippen molar-refractivity contribution in [1.29, 1.82) is 0 Å². The van der Waals surface area contributed by atoms with E-state index in [1.54, 1.807) is 0 Å². The number of aliphatic hydroxyl groups excluding tert-OH is 1. The summed E-state index contributed by atoms with van der Waals surface area (Å²) in [6.07, 6.45) is 6.71. The molecule has 0 spiro atoms. The average Bonchev–Trinajstić information content (AvgIpc) is 2.33. The predicted molar refractivity (Wildman–Crippen MR) is 70.3 cm³/mol. The van der Waals surface area contributed by atoms with E-state index in [0.717, 1.165) is 17.7 Å². The summed E-state index contributed by atoms with van der Waals surface area (Å²) >= 11 is 0. The Balaban J connectivity index is 2.00. The molecule has 0 saturated carbocycles. The van der Waals surface area contributed by atoms with Crippen molar-refractivity contribution in [1.82, 2.24) is 5.32 Å². The van der Waals surface area contributed by atoms with Gasteiger partial charge in [-0.3, -0.25) is 0 Å². The van der Waals surface area contributed by atoms with Crippen LogP contribution in [0.1, 0.15) is 30.7 Å². The van der Waals surface area contributed by atoms with E-state index < -0.39 is 6.23 Å². The number of rotatable bonds is 3. The fourth-order valence-corrected chi connectivity index (χ4v) is 1.82. The van der Waals surface area contributed by atoms with Crippen molar-refractivity contribution < 1.29 is 5.11 Å². The largest absolute Gasteiger partial charge is 0.369 e. The third-order valence-electron chi connectivity index (χ3n) is 3.01. The summed E-state index contributed by atoms with van der Waals surface area (Å²) in [6.45, 7) is 4.22. The summed E-state index contributed by atoms with van der Waals surface area (Å²) in [6, 6.07) is 7.91. The fraction of sp³-hybridized carbons (Fsp3) is 0.333. The van der Waals surface area contributed by atoms with Crippen molar-refractivity contribution in [3.8, 4) is 0 Å². The molecule has 0 amide bonds. The van der Waals surface area contributed by atoms with Gasteiger partial charge in [-0.1, -0.05) is 48.9 Å². The van der Waals surface area contributed by atoms with E-state index in [2.05, 4.69) is 24.4 Å². The van der Waals surface area contributed by atoms with Crippen LogP contribution in [0.5, 0.6) is 0 Å². The summed E-state index contributed by atoms with van der Waals surface area (Å²) < 4.78 is 0. The summed E-state index contributed by atoms with van der Waals surface area (Å²) in [5.74, 6) is 0.595. The quantitative estimate of drug-likeness (QED) is 0.781. The van der Waals surface area contributed by atoms with E-state index in [1.165, 1.54) is 5.56 Å². The normalized spacial score (nSPS) is 20.9. The number of allylic oxidation sites excluding steroid dienone is 3. The standard InChI is InChI=1S/C15H19NO/c1-11-3-7-13(8-4-11)15(17)16-14-9-5-12(2)6-10-14/h3-5,7-10,12,15-17H,6H2,1-2H3. The summed E-state index contributed by atoms with van der Waals surface area (Å²) in [5, 5.41) is 13.1. The van der Waals surface area contributed by atoms with E-state index in [4.69, 9.17) is 0 Å². The van der Waals surface area contributed by atoms with Crippen molar-refractivity contribution in [2.24, 2.45) is 5.92 Å². The van der Waals surface area contributed by atoms with Gasteiger partial charge in [0.05, 0.1) is 0 Å². The third kappa shape index (κ3) is 3.21. The molecule has 2 nitrogen and oxygen atoms in total. The maximum atomic E-state index is 10.0. The topological polar surface area (TPSA) is 32.3 Å². The molecule has 0 fully saturated rings. The Kier molecular flexibility index (Phi) is 3.64. The highest BCUT2D eigenvalue weighted by Gasteiger charge is 2.09. The zero-order chi connectivity index (χ0) is 12.3. The van der Waals surface area contributed by atoms with Crippen LogP contribution in [0.15, 0.2) is 48.2 Å². The van der Waals surface area contributed by atoms with Crippen LogP contribution in [0.3, 0.4) is 0 Å². The van der Waals surface area contributed by atoms with Crippen LogP contribution in [-0.2, 0) is 0 Å². The van der Waals surface area contributed by atoms with Gasteiger partial charge in [-0.2, -0.15) is 0 Å². The summed E-state index contributed by atoms with van der Waals surface area (Å²) in [7, 11) is 0. The highest BCUT2D eigenvalue weighted by atomic mass is 16.3. The van der Waals surface area contributed by atoms with Crippen LogP contribution >= 0.6 is 0 Å². The Labute approximate surface area is 103 Å². The number of aliphatic hydroxyl groups is 1. The molecule has 0 aliphatic heterocycles. The van der Waals surface area contributed by atoms with Gasteiger partial charge in [-0.15, -0.1) is 0 Å². The van der Waals surface area contributed by atoms with Crippen molar-refractivity contribution in [3.05, 3.63) is 59.3 Å². The minimum atomic E-state index is -0.639. The molecule has 0 saturated heterocycles. The maximum absolute atomic E-state index is 10.0. The number of benzene rings is 1. The van der Waals surface area contributed by atoms with Crippen LogP contribution < -0.4 is 5.32 Å². The molecule has 0 aromatic heterocycles. The van der Waals surface area contributed by atoms with Crippen LogP contribution in [0.2, 0.25) is 0 Å². The molecular formula is C15H19NO. The SMILES string of the molecule is Cc1ccc(C(O)NC2=CCC(C)C=C2)cc1. The van der Waals surface area contributed by atoms with Gasteiger partial charge in [-0.25, -0.2) is 0 Å². The van der Waals surface area contributed by atoms with Crippen molar-refractivity contribution in [3.63, 3.8) is 0 Å². The Morgan fingerprint density at radius 2 is 2.00 bits per heavy atom. The van der Waals surface area contributed by atoms with Crippen LogP contribution in [0, 0.1) is 12.8 Å². The van der Waals surface area contributed by atoms with Gasteiger partial charge in [0.2, 0.25) is 0 Å². The molecule has 1 aromatic rings. The van der Waals surface area contributed by atoms with Crippen molar-refractivity contribution in [2.75, 3.05) is 0 Å². The molecule has 17 heavy (non-hydrogen) atoms. The molecule has 0 heterocycles. The lowest BCUT2D eigenvalue weighted by atomic mass is 10.0. The van der Waals surface area contributed by atoms with Crippen LogP contribution in [0.4, 0.5) is 0 Å². The highest BCUT2D eigenvalue weighted by molar-refractivity contribution is 5.26. The number of hydrogen-bond acceptors (Lipinski definition) is 2. The van der Waals surface area contributed by atoms with Gasteiger partial charge in [0.15, 0.2) is 6.23 Å². The van der Waals surface area contributed by atoms with Crippen LogP contribution in [-0.4, -0.2) is 5.11 Å². The van der Waals surface area contributed by atoms with Crippen molar-refractivity contribution >= 4 is 0 Å². The molecule has 90 valence electrons. The lowest BCUT2D eigenvalue weighted by Gasteiger charge is -2.18. The average molecular weight is 229 g/mol. The lowest BCUT2D eigenvalue weighted by Crippen LogP contribution is -2.20. The molecule has 2 heteroatoms. The first kappa shape index (κ1) is 11.9. The molecule has 2 atom stereocenters. The molecule has 1 aliphatic carbocycles. The minimum Gasteiger partial charge on any atom is -0.369 e. The predicted octanol–water partition coefficient (Wildman–Crippen LogP) is 3.06. The maximum Gasteiger partial charge on any atom is 0.150 e. The van der Waals surface area contributed by atoms with Crippen molar-refractivity contribution in [2.45, 2.75) is 26.5 Å². The van der Waals surface area contributed by atoms with Gasteiger partial charge in [-0.05, 0) is 25.3 Å². The monoisotopic (exact) mass is 229 g/mol. The first-order valence-electron chi connectivity index (χ1n) is 6.04. The summed E-state index contributed by atoms with van der Waals surface area (Å²) in [5.41, 5.74) is 3.09. The van der Waals surface area contributed by atoms with Gasteiger partial charge in [0.25, 0.3) is 0 Å². The fourth-order valence-electron chi connectivity index (χ4n) is 1.82. The Morgan fingerprint density at radius 3 is 2.59 bits per heavy atom. The van der Waals surface area contributed by atoms with Gasteiger partial charge in [0.1, 0.15) is 0 Å². The molecule has 2 unspecified atom stereocenters. The second-order valence-electron chi connectivity index (χ2n) is 4.69. The van der Waals surface area contributed by atoms with Crippen LogP contribution in [0.25, 0.3) is 0 Å². The molecule has 1 aromatic carbocycles. The van der Waals surface area contributed by atoms with E-state index in [9.17, 15) is 5.11 Å². The second kappa shape index (κ2) is 5.19. The lowest BCUT2D eigenvalue weighted by molar-refractivity contribution is 0.152. The Bertz CT molecular complexity index is 431. The second-order valence-corrected chi connectivity index (χ2v) is 4.69. The smallest absolute Gasteiger partial charge is 0.150 e. The number of hydrogen-bond donors (Lipinski definition) is 2. The van der Waals surface area contributed by atoms with Gasteiger partial charge in [0, 0.05) is 11.3 Å². The number of nitrogens with one attached hydrogen (secondary N) is 1.